The highest BCUT2D eigenvalue weighted by molar-refractivity contribution is 6.31. The van der Waals surface area contributed by atoms with Crippen molar-refractivity contribution in [1.82, 2.24) is 10.6 Å². The Morgan fingerprint density at radius 3 is 2.00 bits per heavy atom. The molecule has 0 aliphatic carbocycles. The minimum absolute atomic E-state index is 0.0755. The summed E-state index contributed by atoms with van der Waals surface area (Å²) in [5.41, 5.74) is 1.73. The molecule has 1 saturated heterocycles. The van der Waals surface area contributed by atoms with E-state index in [0.29, 0.717) is 0 Å². The number of urea groups is 1. The first-order valence-electron chi connectivity index (χ1n) is 5.01. The molecule has 0 spiro atoms. The third-order valence-corrected chi connectivity index (χ3v) is 2.33. The van der Waals surface area contributed by atoms with E-state index in [1.807, 2.05) is 29.7 Å². The Hall–Kier alpha value is -2.43. The molecule has 1 fully saturated rings. The molecule has 1 aliphatic rings. The first-order valence-corrected chi connectivity index (χ1v) is 5.01. The number of hydrogen-bond donors (Lipinski definition) is 2. The molecule has 2 N–H and O–H groups in total. The quantitative estimate of drug-likeness (QED) is 0.552. The van der Waals surface area contributed by atoms with E-state index in [9.17, 15) is 14.4 Å². The second-order valence-corrected chi connectivity index (χ2v) is 3.71. The number of rotatable bonds is 1. The predicted octanol–water partition coefficient (Wildman–Crippen LogP) is 0.744. The van der Waals surface area contributed by atoms with Crippen molar-refractivity contribution < 1.29 is 14.4 Å². The molecule has 0 bridgehead atoms. The van der Waals surface area contributed by atoms with Crippen molar-refractivity contribution in [2.45, 2.75) is 6.92 Å². The van der Waals surface area contributed by atoms with Crippen molar-refractivity contribution in [1.29, 1.82) is 0 Å². The molecule has 0 unspecified atom stereocenters. The zero-order chi connectivity index (χ0) is 12.4. The van der Waals surface area contributed by atoms with Gasteiger partial charge in [0.25, 0.3) is 11.8 Å². The number of carbonyl (C=O) groups excluding carboxylic acids is 3. The van der Waals surface area contributed by atoms with Gasteiger partial charge in [0.1, 0.15) is 5.57 Å². The van der Waals surface area contributed by atoms with Crippen LogP contribution in [0.15, 0.2) is 29.8 Å². The summed E-state index contributed by atoms with van der Waals surface area (Å²) in [5, 5.41) is 4.03. The van der Waals surface area contributed by atoms with Gasteiger partial charge in [-0.3, -0.25) is 20.2 Å². The number of imide groups is 2. The Balaban J connectivity index is 2.32. The van der Waals surface area contributed by atoms with E-state index in [1.54, 1.807) is 12.1 Å². The molecular weight excluding hydrogens is 220 g/mol. The van der Waals surface area contributed by atoms with Crippen molar-refractivity contribution in [2.24, 2.45) is 0 Å². The number of amides is 4. The first kappa shape index (κ1) is 11.1. The molecule has 0 radical (unpaired) electrons. The van der Waals surface area contributed by atoms with Crippen molar-refractivity contribution in [2.75, 3.05) is 0 Å². The summed E-state index contributed by atoms with van der Waals surface area (Å²) in [6, 6.07) is 6.53. The van der Waals surface area contributed by atoms with Gasteiger partial charge in [-0.2, -0.15) is 0 Å². The van der Waals surface area contributed by atoms with Crippen LogP contribution in [0.5, 0.6) is 0 Å². The molecule has 86 valence electrons. The lowest BCUT2D eigenvalue weighted by molar-refractivity contribution is -0.123. The van der Waals surface area contributed by atoms with Crippen LogP contribution in [0.25, 0.3) is 6.08 Å². The molecule has 17 heavy (non-hydrogen) atoms. The fourth-order valence-corrected chi connectivity index (χ4v) is 1.44. The maximum atomic E-state index is 11.4. The minimum atomic E-state index is -0.791. The maximum absolute atomic E-state index is 11.4. The van der Waals surface area contributed by atoms with Gasteiger partial charge < -0.3 is 0 Å². The van der Waals surface area contributed by atoms with Gasteiger partial charge in [-0.15, -0.1) is 0 Å². The standard InChI is InChI=1S/C12H10N2O3/c1-7-2-4-8(5-3-7)6-9-10(15)13-12(17)14-11(9)16/h2-6H,1H3,(H2,13,14,15,16,17). The third-order valence-electron chi connectivity index (χ3n) is 2.33. The average molecular weight is 230 g/mol. The van der Waals surface area contributed by atoms with Crippen LogP contribution in [0, 0.1) is 6.92 Å². The number of carbonyl (C=O) groups is 3. The SMILES string of the molecule is Cc1ccc(C=C2C(=O)NC(=O)NC2=O)cc1. The van der Waals surface area contributed by atoms with Gasteiger partial charge in [0, 0.05) is 0 Å². The number of benzene rings is 1. The molecule has 1 aromatic rings. The lowest BCUT2D eigenvalue weighted by atomic mass is 10.1. The van der Waals surface area contributed by atoms with Crippen molar-refractivity contribution in [3.8, 4) is 0 Å². The van der Waals surface area contributed by atoms with Gasteiger partial charge in [-0.25, -0.2) is 4.79 Å². The van der Waals surface area contributed by atoms with E-state index >= 15 is 0 Å². The van der Waals surface area contributed by atoms with Crippen molar-refractivity contribution in [3.05, 3.63) is 41.0 Å². The monoisotopic (exact) mass is 230 g/mol. The highest BCUT2D eigenvalue weighted by atomic mass is 16.2. The van der Waals surface area contributed by atoms with E-state index in [-0.39, 0.29) is 5.57 Å². The van der Waals surface area contributed by atoms with Crippen LogP contribution in [0.1, 0.15) is 11.1 Å². The zero-order valence-corrected chi connectivity index (χ0v) is 9.11. The highest BCUT2D eigenvalue weighted by Gasteiger charge is 2.27. The lowest BCUT2D eigenvalue weighted by Crippen LogP contribution is -2.51. The summed E-state index contributed by atoms with van der Waals surface area (Å²) in [5.74, 6) is -1.36. The Morgan fingerprint density at radius 2 is 1.47 bits per heavy atom. The van der Waals surface area contributed by atoms with Gasteiger partial charge in [0.2, 0.25) is 0 Å². The second kappa shape index (κ2) is 4.21. The van der Waals surface area contributed by atoms with E-state index in [0.717, 1.165) is 11.1 Å². The fraction of sp³-hybridized carbons (Fsp3) is 0.0833. The molecule has 1 aliphatic heterocycles. The highest BCUT2D eigenvalue weighted by Crippen LogP contribution is 2.10. The third kappa shape index (κ3) is 2.39. The van der Waals surface area contributed by atoms with Gasteiger partial charge in [-0.05, 0) is 18.6 Å². The van der Waals surface area contributed by atoms with Gasteiger partial charge in [0.05, 0.1) is 0 Å². The van der Waals surface area contributed by atoms with E-state index in [4.69, 9.17) is 0 Å². The zero-order valence-electron chi connectivity index (χ0n) is 9.11. The molecule has 0 aromatic heterocycles. The Morgan fingerprint density at radius 1 is 0.941 bits per heavy atom. The number of barbiturate groups is 1. The molecule has 0 saturated carbocycles. The maximum Gasteiger partial charge on any atom is 0.328 e. The van der Waals surface area contributed by atoms with Gasteiger partial charge in [-0.1, -0.05) is 29.8 Å². The fourth-order valence-electron chi connectivity index (χ4n) is 1.44. The molecule has 5 heteroatoms. The van der Waals surface area contributed by atoms with Gasteiger partial charge in [0.15, 0.2) is 0 Å². The summed E-state index contributed by atoms with van der Waals surface area (Å²) in [7, 11) is 0. The number of hydrogen-bond acceptors (Lipinski definition) is 3. The predicted molar refractivity (Wildman–Crippen MR) is 60.8 cm³/mol. The van der Waals surface area contributed by atoms with E-state index in [1.165, 1.54) is 6.08 Å². The largest absolute Gasteiger partial charge is 0.328 e. The number of nitrogens with one attached hydrogen (secondary N) is 2. The Kier molecular flexibility index (Phi) is 2.74. The molecule has 1 aromatic carbocycles. The number of aryl methyl sites for hydroxylation is 1. The molecule has 0 atom stereocenters. The molecule has 2 rings (SSSR count). The minimum Gasteiger partial charge on any atom is -0.273 e. The normalized spacial score (nSPS) is 15.4. The van der Waals surface area contributed by atoms with Crippen LogP contribution >= 0.6 is 0 Å². The molecule has 4 amide bonds. The van der Waals surface area contributed by atoms with Crippen molar-refractivity contribution >= 4 is 23.9 Å². The summed E-state index contributed by atoms with van der Waals surface area (Å²) in [6.07, 6.45) is 1.44. The Bertz CT molecular complexity index is 507. The van der Waals surface area contributed by atoms with Crippen LogP contribution in [0.2, 0.25) is 0 Å². The average Bonchev–Trinajstić information content (AvgIpc) is 2.26. The van der Waals surface area contributed by atoms with E-state index < -0.39 is 17.8 Å². The summed E-state index contributed by atoms with van der Waals surface area (Å²) in [6.45, 7) is 1.94. The topological polar surface area (TPSA) is 75.3 Å². The lowest BCUT2D eigenvalue weighted by Gasteiger charge is -2.13. The van der Waals surface area contributed by atoms with Crippen LogP contribution in [0.3, 0.4) is 0 Å². The molecule has 5 nitrogen and oxygen atoms in total. The smallest absolute Gasteiger partial charge is 0.273 e. The van der Waals surface area contributed by atoms with Crippen LogP contribution in [0.4, 0.5) is 4.79 Å². The summed E-state index contributed by atoms with van der Waals surface area (Å²) < 4.78 is 0. The van der Waals surface area contributed by atoms with E-state index in [2.05, 4.69) is 0 Å². The van der Waals surface area contributed by atoms with Crippen LogP contribution in [-0.2, 0) is 9.59 Å². The molecular formula is C12H10N2O3. The van der Waals surface area contributed by atoms with Crippen LogP contribution < -0.4 is 10.6 Å². The summed E-state index contributed by atoms with van der Waals surface area (Å²) >= 11 is 0. The molecule has 1 heterocycles. The van der Waals surface area contributed by atoms with Gasteiger partial charge >= 0.3 is 6.03 Å². The summed E-state index contributed by atoms with van der Waals surface area (Å²) in [4.78, 5) is 33.7. The second-order valence-electron chi connectivity index (χ2n) is 3.71. The van der Waals surface area contributed by atoms with Crippen LogP contribution in [-0.4, -0.2) is 17.8 Å². The first-order chi connectivity index (χ1) is 8.06. The Labute approximate surface area is 97.5 Å². The van der Waals surface area contributed by atoms with Crippen molar-refractivity contribution in [3.63, 3.8) is 0 Å².